The molecule has 0 atom stereocenters. The van der Waals surface area contributed by atoms with Crippen molar-refractivity contribution in [2.45, 2.75) is 50.9 Å². The van der Waals surface area contributed by atoms with Gasteiger partial charge in [0.25, 0.3) is 5.91 Å². The highest BCUT2D eigenvalue weighted by Gasteiger charge is 2.40. The zero-order valence-electron chi connectivity index (χ0n) is 16.3. The van der Waals surface area contributed by atoms with Crippen molar-refractivity contribution in [2.75, 3.05) is 11.9 Å². The molecule has 2 aromatic carbocycles. The second-order valence-corrected chi connectivity index (χ2v) is 7.88. The molecule has 28 heavy (non-hydrogen) atoms. The number of nitrogens with one attached hydrogen (secondary N) is 2. The summed E-state index contributed by atoms with van der Waals surface area (Å²) >= 11 is 5.96. The van der Waals surface area contributed by atoms with E-state index in [1.54, 1.807) is 24.3 Å². The molecule has 2 amide bonds. The number of rotatable bonds is 6. The fraction of sp³-hybridized carbons (Fsp3) is 0.391. The van der Waals surface area contributed by atoms with Gasteiger partial charge in [0.15, 0.2) is 0 Å². The Kier molecular flexibility index (Phi) is 6.74. The highest BCUT2D eigenvalue weighted by Crippen LogP contribution is 2.40. The summed E-state index contributed by atoms with van der Waals surface area (Å²) in [5, 5.41) is 6.52. The normalized spacial score (nSPS) is 15.6. The van der Waals surface area contributed by atoms with Gasteiger partial charge < -0.3 is 10.6 Å². The molecule has 0 heterocycles. The predicted molar refractivity (Wildman–Crippen MR) is 114 cm³/mol. The SMILES string of the molecule is CCCNC(=O)C1(c2ccc(NC(=O)c3cccc(Cl)c3)cc2)CCCCC1. The van der Waals surface area contributed by atoms with E-state index in [4.69, 9.17) is 11.6 Å². The Balaban J connectivity index is 1.77. The van der Waals surface area contributed by atoms with E-state index >= 15 is 0 Å². The van der Waals surface area contributed by atoms with Crippen molar-refractivity contribution < 1.29 is 9.59 Å². The number of carbonyl (C=O) groups excluding carboxylic acids is 2. The van der Waals surface area contributed by atoms with Gasteiger partial charge in [-0.15, -0.1) is 0 Å². The molecule has 0 saturated heterocycles. The molecule has 0 radical (unpaired) electrons. The Morgan fingerprint density at radius 1 is 1.04 bits per heavy atom. The first kappa shape index (κ1) is 20.4. The zero-order chi connectivity index (χ0) is 20.0. The van der Waals surface area contributed by atoms with Gasteiger partial charge in [-0.1, -0.05) is 56.0 Å². The smallest absolute Gasteiger partial charge is 0.255 e. The first-order valence-corrected chi connectivity index (χ1v) is 10.4. The van der Waals surface area contributed by atoms with Gasteiger partial charge in [0.05, 0.1) is 5.41 Å². The third kappa shape index (κ3) is 4.56. The lowest BCUT2D eigenvalue weighted by Gasteiger charge is -2.36. The van der Waals surface area contributed by atoms with Crippen molar-refractivity contribution in [3.63, 3.8) is 0 Å². The quantitative estimate of drug-likeness (QED) is 0.691. The van der Waals surface area contributed by atoms with Gasteiger partial charge in [-0.25, -0.2) is 0 Å². The predicted octanol–water partition coefficient (Wildman–Crippen LogP) is 5.32. The van der Waals surface area contributed by atoms with Crippen LogP contribution in [0.15, 0.2) is 48.5 Å². The molecule has 0 bridgehead atoms. The van der Waals surface area contributed by atoms with Crippen molar-refractivity contribution in [1.82, 2.24) is 5.32 Å². The van der Waals surface area contributed by atoms with Crippen LogP contribution in [0, 0.1) is 0 Å². The van der Waals surface area contributed by atoms with Crippen LogP contribution in [-0.4, -0.2) is 18.4 Å². The minimum Gasteiger partial charge on any atom is -0.355 e. The van der Waals surface area contributed by atoms with Crippen LogP contribution in [-0.2, 0) is 10.2 Å². The molecule has 0 unspecified atom stereocenters. The molecule has 0 spiro atoms. The van der Waals surface area contributed by atoms with Gasteiger partial charge >= 0.3 is 0 Å². The Labute approximate surface area is 171 Å². The summed E-state index contributed by atoms with van der Waals surface area (Å²) in [4.78, 5) is 25.4. The second-order valence-electron chi connectivity index (χ2n) is 7.44. The molecule has 1 saturated carbocycles. The summed E-state index contributed by atoms with van der Waals surface area (Å²) in [6.45, 7) is 2.76. The summed E-state index contributed by atoms with van der Waals surface area (Å²) in [5.74, 6) is -0.0759. The summed E-state index contributed by atoms with van der Waals surface area (Å²) < 4.78 is 0. The molecule has 2 N–H and O–H groups in total. The fourth-order valence-corrected chi connectivity index (χ4v) is 4.11. The number of halogens is 1. The van der Waals surface area contributed by atoms with Gasteiger partial charge in [0.1, 0.15) is 0 Å². The Bertz CT molecular complexity index is 827. The molecular formula is C23H27ClN2O2. The number of carbonyl (C=O) groups is 2. The molecule has 0 aromatic heterocycles. The zero-order valence-corrected chi connectivity index (χ0v) is 17.0. The lowest BCUT2D eigenvalue weighted by molar-refractivity contribution is -0.128. The minimum atomic E-state index is -0.455. The monoisotopic (exact) mass is 398 g/mol. The lowest BCUT2D eigenvalue weighted by atomic mass is 9.68. The maximum atomic E-state index is 13.0. The van der Waals surface area contributed by atoms with Crippen molar-refractivity contribution in [1.29, 1.82) is 0 Å². The van der Waals surface area contributed by atoms with Crippen LogP contribution in [0.5, 0.6) is 0 Å². The van der Waals surface area contributed by atoms with Crippen LogP contribution in [0.25, 0.3) is 0 Å². The Hall–Kier alpha value is -2.33. The molecule has 1 fully saturated rings. The molecule has 1 aliphatic rings. The summed E-state index contributed by atoms with van der Waals surface area (Å²) in [7, 11) is 0. The molecule has 0 aliphatic heterocycles. The van der Waals surface area contributed by atoms with Gasteiger partial charge in [0.2, 0.25) is 5.91 Å². The maximum absolute atomic E-state index is 13.0. The number of amides is 2. The van der Waals surface area contributed by atoms with Gasteiger partial charge in [-0.3, -0.25) is 9.59 Å². The Morgan fingerprint density at radius 2 is 1.75 bits per heavy atom. The highest BCUT2D eigenvalue weighted by molar-refractivity contribution is 6.31. The van der Waals surface area contributed by atoms with Crippen molar-refractivity contribution >= 4 is 29.1 Å². The van der Waals surface area contributed by atoms with E-state index in [1.165, 1.54) is 6.42 Å². The average Bonchev–Trinajstić information content (AvgIpc) is 2.73. The van der Waals surface area contributed by atoms with Crippen LogP contribution in [0.3, 0.4) is 0 Å². The minimum absolute atomic E-state index is 0.129. The van der Waals surface area contributed by atoms with E-state index in [0.717, 1.165) is 37.7 Å². The van der Waals surface area contributed by atoms with Crippen LogP contribution in [0.1, 0.15) is 61.4 Å². The van der Waals surface area contributed by atoms with Crippen molar-refractivity contribution in [2.24, 2.45) is 0 Å². The standard InChI is InChI=1S/C23H27ClN2O2/c1-2-15-25-22(28)23(13-4-3-5-14-23)18-9-11-20(12-10-18)26-21(27)17-7-6-8-19(24)16-17/h6-12,16H,2-5,13-15H2,1H3,(H,25,28)(H,26,27). The first-order chi connectivity index (χ1) is 13.5. The number of benzene rings is 2. The molecule has 5 heteroatoms. The van der Waals surface area contributed by atoms with E-state index in [1.807, 2.05) is 24.3 Å². The van der Waals surface area contributed by atoms with E-state index in [2.05, 4.69) is 17.6 Å². The number of hydrogen-bond acceptors (Lipinski definition) is 2. The maximum Gasteiger partial charge on any atom is 0.255 e. The van der Waals surface area contributed by atoms with Crippen LogP contribution in [0.4, 0.5) is 5.69 Å². The van der Waals surface area contributed by atoms with E-state index in [-0.39, 0.29) is 11.8 Å². The largest absolute Gasteiger partial charge is 0.355 e. The van der Waals surface area contributed by atoms with Crippen LogP contribution >= 0.6 is 11.6 Å². The number of hydrogen-bond donors (Lipinski definition) is 2. The van der Waals surface area contributed by atoms with E-state index in [9.17, 15) is 9.59 Å². The van der Waals surface area contributed by atoms with Crippen LogP contribution < -0.4 is 10.6 Å². The van der Waals surface area contributed by atoms with Gasteiger partial charge in [-0.05, 0) is 55.2 Å². The van der Waals surface area contributed by atoms with E-state index < -0.39 is 5.41 Å². The molecule has 2 aromatic rings. The lowest BCUT2D eigenvalue weighted by Crippen LogP contribution is -2.46. The van der Waals surface area contributed by atoms with Crippen molar-refractivity contribution in [3.8, 4) is 0 Å². The second kappa shape index (κ2) is 9.24. The molecular weight excluding hydrogens is 372 g/mol. The van der Waals surface area contributed by atoms with E-state index in [0.29, 0.717) is 22.8 Å². The summed E-state index contributed by atoms with van der Waals surface area (Å²) in [6, 6.07) is 14.6. The highest BCUT2D eigenvalue weighted by atomic mass is 35.5. The van der Waals surface area contributed by atoms with Gasteiger partial charge in [-0.2, -0.15) is 0 Å². The first-order valence-electron chi connectivity index (χ1n) is 10.0. The molecule has 1 aliphatic carbocycles. The molecule has 148 valence electrons. The molecule has 4 nitrogen and oxygen atoms in total. The van der Waals surface area contributed by atoms with Crippen LogP contribution in [0.2, 0.25) is 5.02 Å². The number of anilines is 1. The van der Waals surface area contributed by atoms with Crippen molar-refractivity contribution in [3.05, 3.63) is 64.7 Å². The third-order valence-corrected chi connectivity index (χ3v) is 5.69. The Morgan fingerprint density at radius 3 is 2.39 bits per heavy atom. The topological polar surface area (TPSA) is 58.2 Å². The summed E-state index contributed by atoms with van der Waals surface area (Å²) in [5.41, 5.74) is 1.79. The third-order valence-electron chi connectivity index (χ3n) is 5.46. The van der Waals surface area contributed by atoms with Gasteiger partial charge in [0, 0.05) is 22.8 Å². The summed E-state index contributed by atoms with van der Waals surface area (Å²) in [6.07, 6.45) is 5.97. The average molecular weight is 399 g/mol. The molecule has 3 rings (SSSR count). The fourth-order valence-electron chi connectivity index (χ4n) is 3.92.